The maximum atomic E-state index is 10.7. The molecule has 1 amide bonds. The molecule has 14 heavy (non-hydrogen) atoms. The summed E-state index contributed by atoms with van der Waals surface area (Å²) >= 11 is 0. The smallest absolute Gasteiger partial charge is 0.248 e. The summed E-state index contributed by atoms with van der Waals surface area (Å²) in [4.78, 5) is 10.7. The standard InChI is InChI=1S/C10H14N2O2/c11-9(6-13)5-7-1-3-8(4-2-7)10(12)14/h1-4,9,13H,5-6,11H2,(H2,12,14)/t9-/m1/s1. The Balaban J connectivity index is 2.68. The Labute approximate surface area is 82.5 Å². The summed E-state index contributed by atoms with van der Waals surface area (Å²) in [6, 6.07) is 6.63. The normalized spacial score (nSPS) is 12.4. The zero-order valence-electron chi connectivity index (χ0n) is 7.81. The summed E-state index contributed by atoms with van der Waals surface area (Å²) in [6.07, 6.45) is 0.593. The van der Waals surface area contributed by atoms with Crippen molar-refractivity contribution in [2.45, 2.75) is 12.5 Å². The third-order valence-corrected chi connectivity index (χ3v) is 1.97. The molecule has 0 spiro atoms. The molecule has 0 aliphatic carbocycles. The maximum Gasteiger partial charge on any atom is 0.248 e. The number of primary amides is 1. The first-order valence-electron chi connectivity index (χ1n) is 4.38. The lowest BCUT2D eigenvalue weighted by molar-refractivity contribution is 0.100. The van der Waals surface area contributed by atoms with E-state index in [2.05, 4.69) is 0 Å². The van der Waals surface area contributed by atoms with Gasteiger partial charge < -0.3 is 16.6 Å². The molecule has 0 heterocycles. The average molecular weight is 194 g/mol. The second-order valence-corrected chi connectivity index (χ2v) is 3.21. The van der Waals surface area contributed by atoms with Gasteiger partial charge in [0.15, 0.2) is 0 Å². The second-order valence-electron chi connectivity index (χ2n) is 3.21. The molecule has 0 saturated carbocycles. The topological polar surface area (TPSA) is 89.3 Å². The van der Waals surface area contributed by atoms with Gasteiger partial charge in [0, 0.05) is 11.6 Å². The first-order valence-corrected chi connectivity index (χ1v) is 4.38. The molecule has 0 aliphatic heterocycles. The van der Waals surface area contributed by atoms with Crippen molar-refractivity contribution in [1.82, 2.24) is 0 Å². The number of amides is 1. The van der Waals surface area contributed by atoms with Gasteiger partial charge in [-0.1, -0.05) is 12.1 Å². The fourth-order valence-electron chi connectivity index (χ4n) is 1.17. The minimum Gasteiger partial charge on any atom is -0.395 e. The highest BCUT2D eigenvalue weighted by Crippen LogP contribution is 2.05. The van der Waals surface area contributed by atoms with E-state index in [9.17, 15) is 4.79 Å². The van der Waals surface area contributed by atoms with Crippen LogP contribution in [-0.2, 0) is 6.42 Å². The van der Waals surface area contributed by atoms with Crippen LogP contribution in [-0.4, -0.2) is 23.7 Å². The largest absolute Gasteiger partial charge is 0.395 e. The molecule has 0 saturated heterocycles. The predicted octanol–water partition coefficient (Wildman–Crippen LogP) is -0.352. The molecule has 0 aliphatic rings. The van der Waals surface area contributed by atoms with Crippen LogP contribution in [0.15, 0.2) is 24.3 Å². The Morgan fingerprint density at radius 3 is 2.36 bits per heavy atom. The van der Waals surface area contributed by atoms with Crippen LogP contribution >= 0.6 is 0 Å². The van der Waals surface area contributed by atoms with Crippen LogP contribution in [0.5, 0.6) is 0 Å². The van der Waals surface area contributed by atoms with Crippen molar-refractivity contribution in [2.24, 2.45) is 11.5 Å². The zero-order valence-corrected chi connectivity index (χ0v) is 7.81. The van der Waals surface area contributed by atoms with Gasteiger partial charge in [0.1, 0.15) is 0 Å². The number of rotatable bonds is 4. The molecule has 1 aromatic rings. The Kier molecular flexibility index (Phi) is 3.62. The second kappa shape index (κ2) is 4.74. The molecule has 4 nitrogen and oxygen atoms in total. The van der Waals surface area contributed by atoms with Gasteiger partial charge in [0.25, 0.3) is 0 Å². The van der Waals surface area contributed by atoms with E-state index in [1.807, 2.05) is 0 Å². The molecule has 5 N–H and O–H groups in total. The van der Waals surface area contributed by atoms with E-state index in [4.69, 9.17) is 16.6 Å². The number of benzene rings is 1. The van der Waals surface area contributed by atoms with Crippen LogP contribution in [0.3, 0.4) is 0 Å². The number of carbonyl (C=O) groups excluding carboxylic acids is 1. The highest BCUT2D eigenvalue weighted by Gasteiger charge is 2.03. The Bertz CT molecular complexity index is 308. The number of hydrogen-bond acceptors (Lipinski definition) is 3. The van der Waals surface area contributed by atoms with Gasteiger partial charge in [-0.25, -0.2) is 0 Å². The van der Waals surface area contributed by atoms with Crippen molar-refractivity contribution in [2.75, 3.05) is 6.61 Å². The highest BCUT2D eigenvalue weighted by atomic mass is 16.3. The number of carbonyl (C=O) groups is 1. The molecule has 0 unspecified atom stereocenters. The van der Waals surface area contributed by atoms with Gasteiger partial charge in [0.05, 0.1) is 6.61 Å². The van der Waals surface area contributed by atoms with Crippen molar-refractivity contribution in [3.05, 3.63) is 35.4 Å². The van der Waals surface area contributed by atoms with E-state index in [0.717, 1.165) is 5.56 Å². The molecule has 4 heteroatoms. The van der Waals surface area contributed by atoms with Crippen LogP contribution < -0.4 is 11.5 Å². The van der Waals surface area contributed by atoms with E-state index in [1.54, 1.807) is 24.3 Å². The lowest BCUT2D eigenvalue weighted by atomic mass is 10.1. The molecule has 1 rings (SSSR count). The van der Waals surface area contributed by atoms with Crippen LogP contribution in [0.4, 0.5) is 0 Å². The average Bonchev–Trinajstić information content (AvgIpc) is 2.18. The predicted molar refractivity (Wildman–Crippen MR) is 53.7 cm³/mol. The third kappa shape index (κ3) is 2.83. The van der Waals surface area contributed by atoms with Gasteiger partial charge in [-0.3, -0.25) is 4.79 Å². The molecule has 0 fully saturated rings. The third-order valence-electron chi connectivity index (χ3n) is 1.97. The number of aliphatic hydroxyl groups excluding tert-OH is 1. The van der Waals surface area contributed by atoms with Crippen molar-refractivity contribution < 1.29 is 9.90 Å². The molecule has 0 aromatic heterocycles. The van der Waals surface area contributed by atoms with E-state index < -0.39 is 5.91 Å². The summed E-state index contributed by atoms with van der Waals surface area (Å²) < 4.78 is 0. The molecule has 1 atom stereocenters. The van der Waals surface area contributed by atoms with E-state index >= 15 is 0 Å². The van der Waals surface area contributed by atoms with Gasteiger partial charge in [-0.15, -0.1) is 0 Å². The Morgan fingerprint density at radius 1 is 1.36 bits per heavy atom. The first kappa shape index (κ1) is 10.7. The van der Waals surface area contributed by atoms with Crippen LogP contribution in [0.1, 0.15) is 15.9 Å². The Morgan fingerprint density at radius 2 is 1.93 bits per heavy atom. The number of hydrogen-bond donors (Lipinski definition) is 3. The summed E-state index contributed by atoms with van der Waals surface area (Å²) in [7, 11) is 0. The summed E-state index contributed by atoms with van der Waals surface area (Å²) in [5, 5.41) is 8.74. The van der Waals surface area contributed by atoms with Crippen LogP contribution in [0.25, 0.3) is 0 Å². The molecule has 0 bridgehead atoms. The molecular formula is C10H14N2O2. The summed E-state index contributed by atoms with van der Waals surface area (Å²) in [6.45, 7) is -0.0441. The van der Waals surface area contributed by atoms with Gasteiger partial charge in [-0.05, 0) is 24.1 Å². The lowest BCUT2D eigenvalue weighted by Gasteiger charge is -2.07. The van der Waals surface area contributed by atoms with Gasteiger partial charge >= 0.3 is 0 Å². The Hall–Kier alpha value is -1.39. The summed E-state index contributed by atoms with van der Waals surface area (Å²) in [5.74, 6) is -0.442. The van der Waals surface area contributed by atoms with Gasteiger partial charge in [0.2, 0.25) is 5.91 Å². The molecule has 0 radical (unpaired) electrons. The quantitative estimate of drug-likeness (QED) is 0.612. The van der Waals surface area contributed by atoms with Crippen LogP contribution in [0.2, 0.25) is 0 Å². The maximum absolute atomic E-state index is 10.7. The van der Waals surface area contributed by atoms with Crippen molar-refractivity contribution in [3.8, 4) is 0 Å². The fraction of sp³-hybridized carbons (Fsp3) is 0.300. The highest BCUT2D eigenvalue weighted by molar-refractivity contribution is 5.92. The molecular weight excluding hydrogens is 180 g/mol. The minimum absolute atomic E-state index is 0.0441. The summed E-state index contributed by atoms with van der Waals surface area (Å²) in [5.41, 5.74) is 12.1. The monoisotopic (exact) mass is 194 g/mol. The number of nitrogens with two attached hydrogens (primary N) is 2. The van der Waals surface area contributed by atoms with Crippen molar-refractivity contribution in [3.63, 3.8) is 0 Å². The minimum atomic E-state index is -0.442. The van der Waals surface area contributed by atoms with Crippen LogP contribution in [0, 0.1) is 0 Å². The molecule has 1 aromatic carbocycles. The SMILES string of the molecule is NC(=O)c1ccc(C[C@@H](N)CO)cc1. The van der Waals surface area contributed by atoms with Crippen molar-refractivity contribution in [1.29, 1.82) is 0 Å². The first-order chi connectivity index (χ1) is 6.63. The van der Waals surface area contributed by atoms with E-state index in [0.29, 0.717) is 12.0 Å². The fourth-order valence-corrected chi connectivity index (χ4v) is 1.17. The lowest BCUT2D eigenvalue weighted by Crippen LogP contribution is -2.26. The van der Waals surface area contributed by atoms with Crippen molar-refractivity contribution >= 4 is 5.91 Å². The van der Waals surface area contributed by atoms with Gasteiger partial charge in [-0.2, -0.15) is 0 Å². The van der Waals surface area contributed by atoms with E-state index in [-0.39, 0.29) is 12.6 Å². The van der Waals surface area contributed by atoms with E-state index in [1.165, 1.54) is 0 Å². The zero-order chi connectivity index (χ0) is 10.6. The molecule has 76 valence electrons. The number of aliphatic hydroxyl groups is 1.